The average molecular weight is 370 g/mol. The van der Waals surface area contributed by atoms with Crippen molar-refractivity contribution >= 4 is 44.8 Å². The first-order valence-corrected chi connectivity index (χ1v) is 7.06. The number of amides is 1. The molecule has 0 radical (unpaired) electrons. The smallest absolute Gasteiger partial charge is 0.270 e. The summed E-state index contributed by atoms with van der Waals surface area (Å²) in [6, 6.07) is 9.26. The van der Waals surface area contributed by atoms with Gasteiger partial charge in [-0.3, -0.25) is 14.9 Å². The minimum Gasteiger partial charge on any atom is -0.321 e. The van der Waals surface area contributed by atoms with Gasteiger partial charge in [0.25, 0.3) is 11.6 Å². The third-order valence-electron chi connectivity index (χ3n) is 2.71. The van der Waals surface area contributed by atoms with Gasteiger partial charge in [-0.15, -0.1) is 0 Å². The number of nitro benzene ring substituents is 1. The molecule has 0 aliphatic rings. The summed E-state index contributed by atoms with van der Waals surface area (Å²) in [4.78, 5) is 22.5. The number of aryl methyl sites for hydroxylation is 1. The van der Waals surface area contributed by atoms with E-state index in [9.17, 15) is 14.9 Å². The topological polar surface area (TPSA) is 72.2 Å². The maximum absolute atomic E-state index is 12.2. The van der Waals surface area contributed by atoms with Gasteiger partial charge in [-0.25, -0.2) is 0 Å². The second-order valence-electron chi connectivity index (χ2n) is 4.39. The molecule has 7 heteroatoms. The van der Waals surface area contributed by atoms with Crippen LogP contribution in [0.2, 0.25) is 5.02 Å². The van der Waals surface area contributed by atoms with Crippen LogP contribution in [0.25, 0.3) is 0 Å². The monoisotopic (exact) mass is 368 g/mol. The third-order valence-corrected chi connectivity index (χ3v) is 3.53. The van der Waals surface area contributed by atoms with E-state index in [-0.39, 0.29) is 11.3 Å². The molecule has 1 amide bonds. The highest BCUT2D eigenvalue weighted by Crippen LogP contribution is 2.26. The lowest BCUT2D eigenvalue weighted by molar-refractivity contribution is -0.384. The van der Waals surface area contributed by atoms with E-state index in [1.165, 1.54) is 12.1 Å². The number of carbonyl (C=O) groups excluding carboxylic acids is 1. The minimum absolute atomic E-state index is 0.125. The molecule has 0 bridgehead atoms. The molecule has 0 unspecified atom stereocenters. The largest absolute Gasteiger partial charge is 0.321 e. The first kappa shape index (κ1) is 15.5. The summed E-state index contributed by atoms with van der Waals surface area (Å²) in [5.41, 5.74) is 1.15. The van der Waals surface area contributed by atoms with Crippen LogP contribution in [0.4, 0.5) is 11.4 Å². The second-order valence-corrected chi connectivity index (χ2v) is 5.72. The zero-order chi connectivity index (χ0) is 15.6. The van der Waals surface area contributed by atoms with Gasteiger partial charge < -0.3 is 5.32 Å². The fourth-order valence-corrected chi connectivity index (χ4v) is 2.31. The Bertz CT molecular complexity index is 734. The molecule has 0 heterocycles. The van der Waals surface area contributed by atoms with E-state index < -0.39 is 10.8 Å². The molecular weight excluding hydrogens is 360 g/mol. The molecule has 0 aliphatic carbocycles. The van der Waals surface area contributed by atoms with E-state index in [2.05, 4.69) is 21.2 Å². The Labute approximate surface area is 134 Å². The predicted octanol–water partition coefficient (Wildman–Crippen LogP) is 4.57. The molecule has 0 fully saturated rings. The molecule has 21 heavy (non-hydrogen) atoms. The molecule has 0 saturated heterocycles. The Balaban J connectivity index is 2.32. The molecule has 1 N–H and O–H groups in total. The van der Waals surface area contributed by atoms with Crippen molar-refractivity contribution in [1.29, 1.82) is 0 Å². The number of rotatable bonds is 3. The van der Waals surface area contributed by atoms with Gasteiger partial charge in [0.15, 0.2) is 0 Å². The molecule has 0 atom stereocenters. The Kier molecular flexibility index (Phi) is 4.59. The van der Waals surface area contributed by atoms with E-state index in [4.69, 9.17) is 11.6 Å². The summed E-state index contributed by atoms with van der Waals surface area (Å²) in [7, 11) is 0. The molecule has 0 spiro atoms. The molecule has 108 valence electrons. The standard InChI is InChI=1S/C14H10BrClN2O3/c1-8-4-9(6-11(5-8)18(20)21)14(19)17-13-7-10(15)2-3-12(13)16/h2-7H,1H3,(H,17,19). The molecule has 0 saturated carbocycles. The van der Waals surface area contributed by atoms with Crippen molar-refractivity contribution in [2.75, 3.05) is 5.32 Å². The molecule has 5 nitrogen and oxygen atoms in total. The van der Waals surface area contributed by atoms with E-state index in [1.807, 2.05) is 0 Å². The highest BCUT2D eigenvalue weighted by atomic mass is 79.9. The first-order valence-electron chi connectivity index (χ1n) is 5.89. The Hall–Kier alpha value is -1.92. The second kappa shape index (κ2) is 6.24. The van der Waals surface area contributed by atoms with Crippen molar-refractivity contribution in [3.63, 3.8) is 0 Å². The number of anilines is 1. The fourth-order valence-electron chi connectivity index (χ4n) is 1.79. The Morgan fingerprint density at radius 1 is 1.29 bits per heavy atom. The molecular formula is C14H10BrClN2O3. The van der Waals surface area contributed by atoms with Crippen LogP contribution in [-0.2, 0) is 0 Å². The van der Waals surface area contributed by atoms with Crippen LogP contribution in [0.15, 0.2) is 40.9 Å². The van der Waals surface area contributed by atoms with Gasteiger partial charge in [-0.2, -0.15) is 0 Å². The number of nitrogens with one attached hydrogen (secondary N) is 1. The van der Waals surface area contributed by atoms with Crippen LogP contribution in [0.5, 0.6) is 0 Å². The number of hydrogen-bond donors (Lipinski definition) is 1. The highest BCUT2D eigenvalue weighted by molar-refractivity contribution is 9.10. The molecule has 0 aliphatic heterocycles. The van der Waals surface area contributed by atoms with E-state index >= 15 is 0 Å². The van der Waals surface area contributed by atoms with Gasteiger partial charge in [0.2, 0.25) is 0 Å². The molecule has 2 aromatic rings. The average Bonchev–Trinajstić information content (AvgIpc) is 2.42. The normalized spacial score (nSPS) is 10.2. The molecule has 0 aromatic heterocycles. The quantitative estimate of drug-likeness (QED) is 0.636. The zero-order valence-corrected chi connectivity index (χ0v) is 13.2. The summed E-state index contributed by atoms with van der Waals surface area (Å²) >= 11 is 9.28. The summed E-state index contributed by atoms with van der Waals surface area (Å²) in [6.45, 7) is 1.69. The number of carbonyl (C=O) groups is 1. The van der Waals surface area contributed by atoms with Crippen LogP contribution in [-0.4, -0.2) is 10.8 Å². The van der Waals surface area contributed by atoms with Gasteiger partial charge in [-0.05, 0) is 36.8 Å². The van der Waals surface area contributed by atoms with E-state index in [0.29, 0.717) is 16.3 Å². The van der Waals surface area contributed by atoms with Gasteiger partial charge in [0.05, 0.1) is 15.6 Å². The summed E-state index contributed by atoms with van der Waals surface area (Å²) in [5.74, 6) is -0.457. The van der Waals surface area contributed by atoms with Gasteiger partial charge >= 0.3 is 0 Å². The number of halogens is 2. The number of nitrogens with zero attached hydrogens (tertiary/aromatic N) is 1. The highest BCUT2D eigenvalue weighted by Gasteiger charge is 2.14. The van der Waals surface area contributed by atoms with Crippen molar-refractivity contribution in [3.8, 4) is 0 Å². The van der Waals surface area contributed by atoms with Crippen LogP contribution < -0.4 is 5.32 Å². The van der Waals surface area contributed by atoms with Crippen molar-refractivity contribution in [3.05, 3.63) is 67.1 Å². The van der Waals surface area contributed by atoms with Gasteiger partial charge in [0.1, 0.15) is 0 Å². The van der Waals surface area contributed by atoms with Crippen molar-refractivity contribution in [2.45, 2.75) is 6.92 Å². The SMILES string of the molecule is Cc1cc(C(=O)Nc2cc(Br)ccc2Cl)cc([N+](=O)[O-])c1. The molecule has 2 rings (SSSR count). The summed E-state index contributed by atoms with van der Waals surface area (Å²) in [5, 5.41) is 13.9. The lowest BCUT2D eigenvalue weighted by atomic mass is 10.1. The lowest BCUT2D eigenvalue weighted by Crippen LogP contribution is -2.12. The number of non-ortho nitro benzene ring substituents is 1. The van der Waals surface area contributed by atoms with E-state index in [0.717, 1.165) is 4.47 Å². The van der Waals surface area contributed by atoms with Crippen molar-refractivity contribution < 1.29 is 9.72 Å². The summed E-state index contributed by atoms with van der Waals surface area (Å²) in [6.07, 6.45) is 0. The van der Waals surface area contributed by atoms with Gasteiger partial charge in [-0.1, -0.05) is 27.5 Å². The fraction of sp³-hybridized carbons (Fsp3) is 0.0714. The third kappa shape index (κ3) is 3.80. The van der Waals surface area contributed by atoms with E-state index in [1.54, 1.807) is 31.2 Å². The minimum atomic E-state index is -0.532. The van der Waals surface area contributed by atoms with Crippen molar-refractivity contribution in [1.82, 2.24) is 0 Å². The van der Waals surface area contributed by atoms with Crippen LogP contribution in [0.1, 0.15) is 15.9 Å². The maximum atomic E-state index is 12.2. The molecule has 2 aromatic carbocycles. The number of benzene rings is 2. The van der Waals surface area contributed by atoms with Crippen molar-refractivity contribution in [2.24, 2.45) is 0 Å². The van der Waals surface area contributed by atoms with Gasteiger partial charge in [0, 0.05) is 22.2 Å². The summed E-state index contributed by atoms with van der Waals surface area (Å²) < 4.78 is 0.762. The Morgan fingerprint density at radius 3 is 2.67 bits per heavy atom. The van der Waals surface area contributed by atoms with Crippen LogP contribution in [0.3, 0.4) is 0 Å². The zero-order valence-electron chi connectivity index (χ0n) is 10.9. The van der Waals surface area contributed by atoms with Crippen LogP contribution in [0, 0.1) is 17.0 Å². The maximum Gasteiger partial charge on any atom is 0.270 e. The van der Waals surface area contributed by atoms with Crippen LogP contribution >= 0.6 is 27.5 Å². The number of nitro groups is 1. The lowest BCUT2D eigenvalue weighted by Gasteiger charge is -2.08. The predicted molar refractivity (Wildman–Crippen MR) is 84.9 cm³/mol. The Morgan fingerprint density at radius 2 is 2.00 bits per heavy atom. The number of hydrogen-bond acceptors (Lipinski definition) is 3. The first-order chi connectivity index (χ1) is 9.86.